The van der Waals surface area contributed by atoms with Crippen LogP contribution in [0, 0.1) is 6.92 Å². The number of morpholine rings is 1. The lowest BCUT2D eigenvalue weighted by Gasteiger charge is -2.26. The van der Waals surface area contributed by atoms with Gasteiger partial charge in [0.05, 0.1) is 18.7 Å². The van der Waals surface area contributed by atoms with Gasteiger partial charge in [-0.15, -0.1) is 0 Å². The summed E-state index contributed by atoms with van der Waals surface area (Å²) in [4.78, 5) is 19.8. The van der Waals surface area contributed by atoms with Gasteiger partial charge in [0.2, 0.25) is 0 Å². The summed E-state index contributed by atoms with van der Waals surface area (Å²) in [6, 6.07) is 9.41. The highest BCUT2D eigenvalue weighted by molar-refractivity contribution is 6.17. The molecule has 166 valence electrons. The highest BCUT2D eigenvalue weighted by atomic mass is 16.5. The Bertz CT molecular complexity index is 1320. The number of nitrogens with one attached hydrogen (secondary N) is 1. The second kappa shape index (κ2) is 8.41. The Balaban J connectivity index is 1.47. The molecule has 3 heterocycles. The summed E-state index contributed by atoms with van der Waals surface area (Å²) in [5.41, 5.74) is 3.68. The number of carbonyl (C=O) groups excluding carboxylic acids is 1. The van der Waals surface area contributed by atoms with E-state index in [1.54, 1.807) is 18.3 Å². The Kier molecular flexibility index (Phi) is 5.45. The van der Waals surface area contributed by atoms with Crippen LogP contribution in [-0.4, -0.2) is 64.9 Å². The Labute approximate surface area is 186 Å². The molecule has 0 unspecified atom stereocenters. The van der Waals surface area contributed by atoms with E-state index < -0.39 is 0 Å². The molecule has 7 heteroatoms. The van der Waals surface area contributed by atoms with Gasteiger partial charge in [-0.05, 0) is 61.2 Å². The van der Waals surface area contributed by atoms with Gasteiger partial charge in [0, 0.05) is 54.6 Å². The Morgan fingerprint density at radius 3 is 2.75 bits per heavy atom. The lowest BCUT2D eigenvalue weighted by Crippen LogP contribution is -2.38. The van der Waals surface area contributed by atoms with E-state index in [1.165, 1.54) is 0 Å². The first kappa shape index (κ1) is 20.7. The molecule has 2 N–H and O–H groups in total. The van der Waals surface area contributed by atoms with Crippen molar-refractivity contribution < 1.29 is 14.6 Å². The molecule has 0 aliphatic carbocycles. The number of aryl methyl sites for hydroxylation is 2. The third-order valence-electron chi connectivity index (χ3n) is 6.52. The number of amides is 1. The maximum Gasteiger partial charge on any atom is 0.270 e. The van der Waals surface area contributed by atoms with Crippen molar-refractivity contribution in [3.63, 3.8) is 0 Å². The number of pyridine rings is 1. The zero-order chi connectivity index (χ0) is 22.2. The number of phenols is 1. The van der Waals surface area contributed by atoms with Crippen LogP contribution in [0.2, 0.25) is 0 Å². The number of benzene rings is 2. The smallest absolute Gasteiger partial charge is 0.270 e. The van der Waals surface area contributed by atoms with E-state index in [-0.39, 0.29) is 11.7 Å². The third-order valence-corrected chi connectivity index (χ3v) is 6.52. The lowest BCUT2D eigenvalue weighted by atomic mass is 10.00. The molecule has 1 amide bonds. The Hall–Kier alpha value is -3.16. The average Bonchev–Trinajstić information content (AvgIpc) is 3.08. The predicted molar refractivity (Wildman–Crippen MR) is 126 cm³/mol. The second-order valence-corrected chi connectivity index (χ2v) is 8.48. The summed E-state index contributed by atoms with van der Waals surface area (Å²) in [5.74, 6) is 0.0755. The minimum absolute atomic E-state index is 0.153. The summed E-state index contributed by atoms with van der Waals surface area (Å²) < 4.78 is 7.53. The van der Waals surface area contributed by atoms with Gasteiger partial charge in [-0.3, -0.25) is 14.7 Å². The number of aromatic nitrogens is 2. The molecule has 1 saturated heterocycles. The van der Waals surface area contributed by atoms with E-state index in [2.05, 4.69) is 26.7 Å². The van der Waals surface area contributed by atoms with Crippen LogP contribution in [0.1, 0.15) is 22.5 Å². The molecule has 4 aromatic rings. The zero-order valence-corrected chi connectivity index (χ0v) is 18.5. The first-order valence-electron chi connectivity index (χ1n) is 11.1. The quantitative estimate of drug-likeness (QED) is 0.473. The van der Waals surface area contributed by atoms with Gasteiger partial charge >= 0.3 is 0 Å². The van der Waals surface area contributed by atoms with Crippen LogP contribution >= 0.6 is 0 Å². The molecule has 0 radical (unpaired) electrons. The number of rotatable bonds is 5. The SMILES string of the molecule is Cc1c2ccnc(C(=O)NCCCN3CCOCC3)c2cc2c3cc(O)ccc3n(C)c12. The van der Waals surface area contributed by atoms with Gasteiger partial charge in [0.25, 0.3) is 5.91 Å². The molecular weight excluding hydrogens is 404 g/mol. The van der Waals surface area contributed by atoms with Crippen LogP contribution in [0.4, 0.5) is 0 Å². The average molecular weight is 433 g/mol. The van der Waals surface area contributed by atoms with Crippen LogP contribution in [0.5, 0.6) is 5.75 Å². The summed E-state index contributed by atoms with van der Waals surface area (Å²) in [5, 5.41) is 16.9. The van der Waals surface area contributed by atoms with Gasteiger partial charge in [0.1, 0.15) is 11.4 Å². The predicted octanol–water partition coefficient (Wildman–Crippen LogP) is 3.35. The van der Waals surface area contributed by atoms with E-state index in [0.29, 0.717) is 12.2 Å². The monoisotopic (exact) mass is 432 g/mol. The van der Waals surface area contributed by atoms with E-state index >= 15 is 0 Å². The highest BCUT2D eigenvalue weighted by Gasteiger charge is 2.18. The number of nitrogens with zero attached hydrogens (tertiary/aromatic N) is 3. The van der Waals surface area contributed by atoms with Crippen molar-refractivity contribution in [1.82, 2.24) is 19.8 Å². The maximum atomic E-state index is 13.0. The minimum Gasteiger partial charge on any atom is -0.508 e. The van der Waals surface area contributed by atoms with Crippen molar-refractivity contribution in [1.29, 1.82) is 0 Å². The summed E-state index contributed by atoms with van der Waals surface area (Å²) >= 11 is 0. The fourth-order valence-corrected chi connectivity index (χ4v) is 4.87. The molecule has 0 spiro atoms. The molecule has 1 aliphatic heterocycles. The first-order valence-corrected chi connectivity index (χ1v) is 11.1. The number of hydrogen-bond acceptors (Lipinski definition) is 5. The molecule has 2 aromatic heterocycles. The van der Waals surface area contributed by atoms with Crippen molar-refractivity contribution in [2.24, 2.45) is 7.05 Å². The van der Waals surface area contributed by atoms with Crippen LogP contribution in [0.25, 0.3) is 32.6 Å². The van der Waals surface area contributed by atoms with Crippen LogP contribution in [-0.2, 0) is 11.8 Å². The van der Waals surface area contributed by atoms with Crippen molar-refractivity contribution in [3.8, 4) is 5.75 Å². The van der Waals surface area contributed by atoms with Crippen molar-refractivity contribution in [3.05, 3.63) is 47.8 Å². The molecule has 7 nitrogen and oxygen atoms in total. The number of carbonyl (C=O) groups is 1. The van der Waals surface area contributed by atoms with Crippen molar-refractivity contribution in [2.75, 3.05) is 39.4 Å². The maximum absolute atomic E-state index is 13.0. The molecule has 0 saturated carbocycles. The Morgan fingerprint density at radius 2 is 1.94 bits per heavy atom. The van der Waals surface area contributed by atoms with E-state index in [1.807, 2.05) is 25.2 Å². The van der Waals surface area contributed by atoms with Crippen molar-refractivity contribution >= 4 is 38.5 Å². The first-order chi connectivity index (χ1) is 15.5. The van der Waals surface area contributed by atoms with Gasteiger partial charge in [-0.25, -0.2) is 0 Å². The molecule has 1 aliphatic rings. The van der Waals surface area contributed by atoms with E-state index in [9.17, 15) is 9.90 Å². The van der Waals surface area contributed by atoms with Crippen LogP contribution in [0.15, 0.2) is 36.5 Å². The number of phenolic OH excluding ortho intramolecular Hbond substituents is 1. The fraction of sp³-hybridized carbons (Fsp3) is 0.360. The molecule has 32 heavy (non-hydrogen) atoms. The molecule has 1 fully saturated rings. The lowest BCUT2D eigenvalue weighted by molar-refractivity contribution is 0.0374. The van der Waals surface area contributed by atoms with E-state index in [4.69, 9.17) is 4.74 Å². The third kappa shape index (κ3) is 3.57. The fourth-order valence-electron chi connectivity index (χ4n) is 4.87. The topological polar surface area (TPSA) is 79.6 Å². The van der Waals surface area contributed by atoms with Gasteiger partial charge in [-0.2, -0.15) is 0 Å². The van der Waals surface area contributed by atoms with Gasteiger partial charge < -0.3 is 19.7 Å². The highest BCUT2D eigenvalue weighted by Crippen LogP contribution is 2.36. The normalized spacial score (nSPS) is 15.1. The summed E-state index contributed by atoms with van der Waals surface area (Å²) in [6.45, 7) is 7.11. The zero-order valence-electron chi connectivity index (χ0n) is 18.5. The molecule has 2 aromatic carbocycles. The van der Waals surface area contributed by atoms with Crippen LogP contribution in [0.3, 0.4) is 0 Å². The minimum atomic E-state index is -0.153. The summed E-state index contributed by atoms with van der Waals surface area (Å²) in [6.07, 6.45) is 2.60. The molecule has 0 atom stereocenters. The summed E-state index contributed by atoms with van der Waals surface area (Å²) in [7, 11) is 2.03. The number of hydrogen-bond donors (Lipinski definition) is 2. The van der Waals surface area contributed by atoms with Gasteiger partial charge in [-0.1, -0.05) is 0 Å². The largest absolute Gasteiger partial charge is 0.508 e. The second-order valence-electron chi connectivity index (χ2n) is 8.48. The molecule has 0 bridgehead atoms. The number of ether oxygens (including phenoxy) is 1. The van der Waals surface area contributed by atoms with Gasteiger partial charge in [0.15, 0.2) is 0 Å². The van der Waals surface area contributed by atoms with Crippen molar-refractivity contribution in [2.45, 2.75) is 13.3 Å². The molecule has 5 rings (SSSR count). The Morgan fingerprint density at radius 1 is 1.12 bits per heavy atom. The molecular formula is C25H28N4O3. The number of fused-ring (bicyclic) bond motifs is 4. The van der Waals surface area contributed by atoms with E-state index in [0.717, 1.165) is 77.4 Å². The standard InChI is InChI=1S/C25H28N4O3/c1-16-18-6-8-26-23(25(31)27-7-3-9-29-10-12-32-13-11-29)20(18)15-21-19-14-17(30)4-5-22(19)28(2)24(16)21/h4-6,8,14-15,30H,3,7,9-13H2,1-2H3,(H,27,31). The van der Waals surface area contributed by atoms with Crippen LogP contribution < -0.4 is 5.32 Å². The number of aromatic hydroxyl groups is 1.